The Morgan fingerprint density at radius 1 is 1.58 bits per heavy atom. The first kappa shape index (κ1) is 17.3. The second-order valence-electron chi connectivity index (χ2n) is 5.39. The molecule has 0 atom stereocenters. The van der Waals surface area contributed by atoms with Gasteiger partial charge < -0.3 is 0 Å². The highest BCUT2D eigenvalue weighted by atomic mass is 16.6. The molecule has 0 bridgehead atoms. The van der Waals surface area contributed by atoms with Gasteiger partial charge in [-0.1, -0.05) is 18.2 Å². The van der Waals surface area contributed by atoms with Gasteiger partial charge in [-0.25, -0.2) is 0 Å². The van der Waals surface area contributed by atoms with Gasteiger partial charge in [0.1, 0.15) is 6.34 Å². The van der Waals surface area contributed by atoms with Crippen LogP contribution in [0.3, 0.4) is 0 Å². The van der Waals surface area contributed by atoms with E-state index in [2.05, 4.69) is 10.1 Å². The van der Waals surface area contributed by atoms with E-state index in [0.717, 1.165) is 23.2 Å². The van der Waals surface area contributed by atoms with Crippen LogP contribution >= 0.6 is 0 Å². The van der Waals surface area contributed by atoms with Crippen molar-refractivity contribution in [3.63, 3.8) is 0 Å². The van der Waals surface area contributed by atoms with Crippen molar-refractivity contribution in [2.75, 3.05) is 6.54 Å². The van der Waals surface area contributed by atoms with Gasteiger partial charge in [0, 0.05) is 29.6 Å². The lowest BCUT2D eigenvalue weighted by atomic mass is 10.1. The predicted octanol–water partition coefficient (Wildman–Crippen LogP) is 3.15. The van der Waals surface area contributed by atoms with Crippen molar-refractivity contribution >= 4 is 12.1 Å². The number of nitro groups is 1. The third kappa shape index (κ3) is 4.45. The number of hydrogen-bond donors (Lipinski definition) is 1. The molecular weight excluding hydrogens is 306 g/mol. The highest BCUT2D eigenvalue weighted by Gasteiger charge is 2.16. The molecule has 0 radical (unpaired) electrons. The topological polar surface area (TPSA) is 95.5 Å². The molecule has 7 heteroatoms. The highest BCUT2D eigenvalue weighted by molar-refractivity contribution is 5.98. The summed E-state index contributed by atoms with van der Waals surface area (Å²) in [5, 5.41) is 24.6. The first-order chi connectivity index (χ1) is 11.5. The lowest BCUT2D eigenvalue weighted by Gasteiger charge is -2.15. The second kappa shape index (κ2) is 7.96. The smallest absolute Gasteiger partial charge is 0.272 e. The van der Waals surface area contributed by atoms with Crippen LogP contribution in [0.4, 0.5) is 0 Å². The molecule has 7 nitrogen and oxygen atoms in total. The zero-order valence-corrected chi connectivity index (χ0v) is 13.6. The van der Waals surface area contributed by atoms with Crippen molar-refractivity contribution in [1.82, 2.24) is 9.99 Å². The Kier molecular flexibility index (Phi) is 5.73. The first-order valence-corrected chi connectivity index (χ1v) is 7.45. The molecule has 0 saturated carbocycles. The van der Waals surface area contributed by atoms with Gasteiger partial charge >= 0.3 is 0 Å². The maximum Gasteiger partial charge on any atom is 0.272 e. The molecule has 0 saturated heterocycles. The summed E-state index contributed by atoms with van der Waals surface area (Å²) >= 11 is 0. The third-order valence-electron chi connectivity index (χ3n) is 3.56. The minimum atomic E-state index is -0.385. The van der Waals surface area contributed by atoms with E-state index in [4.69, 9.17) is 5.41 Å². The largest absolute Gasteiger partial charge is 0.290 e. The molecule has 2 rings (SSSR count). The van der Waals surface area contributed by atoms with Gasteiger partial charge in [0.05, 0.1) is 17.2 Å². The number of rotatable bonds is 6. The maximum atomic E-state index is 11.2. The van der Waals surface area contributed by atoms with Gasteiger partial charge in [-0.15, -0.1) is 0 Å². The van der Waals surface area contributed by atoms with Gasteiger partial charge in [0.25, 0.3) is 5.70 Å². The standard InChI is InChI=1S/C17H19N5O2/c1-13-5-3-6-15(9-17(13)22(23)24)11-21(12-18)20-14(2)16-7-4-8-19-10-16/h3-5,7-10,12,18H,6,11H2,1-2H3/b18-12?,20-14+. The van der Waals surface area contributed by atoms with E-state index in [-0.39, 0.29) is 10.6 Å². The summed E-state index contributed by atoms with van der Waals surface area (Å²) in [6.07, 6.45) is 10.3. The van der Waals surface area contributed by atoms with Crippen molar-refractivity contribution in [2.24, 2.45) is 5.10 Å². The zero-order valence-electron chi connectivity index (χ0n) is 13.6. The van der Waals surface area contributed by atoms with Crippen molar-refractivity contribution in [1.29, 1.82) is 5.41 Å². The van der Waals surface area contributed by atoms with Gasteiger partial charge in [0.2, 0.25) is 0 Å². The summed E-state index contributed by atoms with van der Waals surface area (Å²) in [5.41, 5.74) is 3.10. The second-order valence-corrected chi connectivity index (χ2v) is 5.39. The molecule has 1 heterocycles. The Hall–Kier alpha value is -3.09. The number of nitrogens with one attached hydrogen (secondary N) is 1. The Morgan fingerprint density at radius 2 is 2.38 bits per heavy atom. The maximum absolute atomic E-state index is 11.2. The number of hydrogen-bond acceptors (Lipinski definition) is 5. The normalized spacial score (nSPS) is 14.9. The summed E-state index contributed by atoms with van der Waals surface area (Å²) < 4.78 is 0. The SMILES string of the molecule is CC1=C([N+](=O)[O-])C=C(CN(C=N)/N=C(\C)c2cccnc2)CC=C1. The van der Waals surface area contributed by atoms with Crippen LogP contribution < -0.4 is 0 Å². The fraction of sp³-hybridized carbons (Fsp3) is 0.235. The quantitative estimate of drug-likeness (QED) is 0.376. The summed E-state index contributed by atoms with van der Waals surface area (Å²) in [6, 6.07) is 3.71. The molecule has 1 N–H and O–H groups in total. The van der Waals surface area contributed by atoms with E-state index in [0.29, 0.717) is 18.5 Å². The molecule has 0 aliphatic heterocycles. The average molecular weight is 325 g/mol. The predicted molar refractivity (Wildman–Crippen MR) is 93.5 cm³/mol. The van der Waals surface area contributed by atoms with Crippen LogP contribution in [0.5, 0.6) is 0 Å². The van der Waals surface area contributed by atoms with E-state index in [1.807, 2.05) is 25.1 Å². The molecule has 124 valence electrons. The summed E-state index contributed by atoms with van der Waals surface area (Å²) in [7, 11) is 0. The Balaban J connectivity index is 2.21. The average Bonchev–Trinajstić information content (AvgIpc) is 2.76. The molecular formula is C17H19N5O2. The summed E-state index contributed by atoms with van der Waals surface area (Å²) in [5.74, 6) is 0. The van der Waals surface area contributed by atoms with Crippen molar-refractivity contribution in [2.45, 2.75) is 20.3 Å². The highest BCUT2D eigenvalue weighted by Crippen LogP contribution is 2.19. The minimum Gasteiger partial charge on any atom is -0.290 e. The van der Waals surface area contributed by atoms with E-state index >= 15 is 0 Å². The van der Waals surface area contributed by atoms with Gasteiger partial charge in [-0.2, -0.15) is 5.10 Å². The number of allylic oxidation sites excluding steroid dienone is 4. The van der Waals surface area contributed by atoms with Crippen LogP contribution in [0.15, 0.2) is 64.7 Å². The molecule has 0 fully saturated rings. The van der Waals surface area contributed by atoms with Crippen LogP contribution in [0, 0.1) is 15.5 Å². The van der Waals surface area contributed by atoms with Crippen LogP contribution in [0.1, 0.15) is 25.8 Å². The zero-order chi connectivity index (χ0) is 17.5. The van der Waals surface area contributed by atoms with Crippen LogP contribution in [-0.2, 0) is 0 Å². The third-order valence-corrected chi connectivity index (χ3v) is 3.56. The molecule has 0 amide bonds. The Labute approximate surface area is 140 Å². The van der Waals surface area contributed by atoms with Gasteiger partial charge in [0.15, 0.2) is 0 Å². The number of pyridine rings is 1. The summed E-state index contributed by atoms with van der Waals surface area (Å²) in [6.45, 7) is 3.87. The van der Waals surface area contributed by atoms with Crippen LogP contribution in [0.2, 0.25) is 0 Å². The molecule has 24 heavy (non-hydrogen) atoms. The van der Waals surface area contributed by atoms with Gasteiger partial charge in [-0.3, -0.25) is 25.5 Å². The van der Waals surface area contributed by atoms with Gasteiger partial charge in [-0.05, 0) is 31.9 Å². The molecule has 0 aromatic carbocycles. The molecule has 1 aromatic rings. The first-order valence-electron chi connectivity index (χ1n) is 7.45. The Bertz CT molecular complexity index is 748. The van der Waals surface area contributed by atoms with Crippen molar-refractivity contribution in [3.8, 4) is 0 Å². The van der Waals surface area contributed by atoms with Crippen molar-refractivity contribution in [3.05, 3.63) is 75.3 Å². The molecule has 1 aliphatic carbocycles. The van der Waals surface area contributed by atoms with Crippen LogP contribution in [-0.4, -0.2) is 33.5 Å². The van der Waals surface area contributed by atoms with E-state index in [1.54, 1.807) is 31.5 Å². The lowest BCUT2D eigenvalue weighted by Crippen LogP contribution is -2.20. The molecule has 1 aliphatic rings. The van der Waals surface area contributed by atoms with E-state index < -0.39 is 0 Å². The lowest BCUT2D eigenvalue weighted by molar-refractivity contribution is -0.420. The van der Waals surface area contributed by atoms with E-state index in [1.165, 1.54) is 5.01 Å². The minimum absolute atomic E-state index is 0.0802. The van der Waals surface area contributed by atoms with Crippen molar-refractivity contribution < 1.29 is 4.92 Å². The fourth-order valence-corrected chi connectivity index (χ4v) is 2.29. The number of nitrogens with zero attached hydrogens (tertiary/aromatic N) is 4. The van der Waals surface area contributed by atoms with Crippen LogP contribution in [0.25, 0.3) is 0 Å². The van der Waals surface area contributed by atoms with E-state index in [9.17, 15) is 10.1 Å². The molecule has 0 spiro atoms. The number of aromatic nitrogens is 1. The summed E-state index contributed by atoms with van der Waals surface area (Å²) in [4.78, 5) is 14.8. The molecule has 1 aromatic heterocycles. The monoisotopic (exact) mass is 325 g/mol. The number of hydrazone groups is 1. The molecule has 0 unspecified atom stereocenters. The Morgan fingerprint density at radius 3 is 3.00 bits per heavy atom. The fourth-order valence-electron chi connectivity index (χ4n) is 2.29.